The van der Waals surface area contributed by atoms with E-state index in [9.17, 15) is 4.79 Å². The Morgan fingerprint density at radius 1 is 0.517 bits per heavy atom. The first kappa shape index (κ1) is 39.3. The lowest BCUT2D eigenvalue weighted by Crippen LogP contribution is -2.20. The first-order valence-corrected chi connectivity index (χ1v) is 19.9. The van der Waals surface area contributed by atoms with Gasteiger partial charge >= 0.3 is 0 Å². The minimum Gasteiger partial charge on any atom is -0.478 e. The molecule has 0 aliphatic rings. The summed E-state index contributed by atoms with van der Waals surface area (Å²) in [5.74, 6) is 0.660. The Balaban J connectivity index is 0.000000177. The van der Waals surface area contributed by atoms with Crippen LogP contribution < -0.4 is 10.3 Å². The monoisotopic (exact) mass is 760 g/mol. The van der Waals surface area contributed by atoms with E-state index in [0.29, 0.717) is 19.0 Å². The van der Waals surface area contributed by atoms with Crippen LogP contribution in [0.3, 0.4) is 0 Å². The zero-order valence-electron chi connectivity index (χ0n) is 33.2. The second-order valence-corrected chi connectivity index (χ2v) is 14.4. The lowest BCUT2D eigenvalue weighted by Gasteiger charge is -2.14. The molecular weight excluding hydrogens is 713 g/mol. The van der Waals surface area contributed by atoms with Crippen LogP contribution in [-0.4, -0.2) is 26.1 Å². The van der Waals surface area contributed by atoms with Gasteiger partial charge in [0.25, 0.3) is 5.56 Å². The van der Waals surface area contributed by atoms with Crippen LogP contribution >= 0.6 is 0 Å². The van der Waals surface area contributed by atoms with E-state index in [1.54, 1.807) is 18.5 Å². The maximum atomic E-state index is 12.9. The average Bonchev–Trinajstić information content (AvgIpc) is 3.27. The molecule has 0 radical (unpaired) electrons. The standard InChI is InChI=1S/2C26H24N2O/c1-20-7-5-11-23(17-20)24-18-26(28-19-25(24)22-12-14-27-15-13-22)29-16-6-10-21-8-3-2-4-9-21;1-20-7-5-11-23(17-20)24-18-26(29)28(16-6-10-21-8-3-2-4-9-21)19-25(24)22-12-14-27-15-13-22/h2*2-5,7-9,11-15,17-19H,6,10,16H2,1H3. The smallest absolute Gasteiger partial charge is 0.251 e. The van der Waals surface area contributed by atoms with Crippen molar-refractivity contribution in [1.29, 1.82) is 0 Å². The Morgan fingerprint density at radius 3 is 1.62 bits per heavy atom. The van der Waals surface area contributed by atoms with Gasteiger partial charge in [-0.15, -0.1) is 0 Å². The average molecular weight is 761 g/mol. The Labute approximate surface area is 341 Å². The lowest BCUT2D eigenvalue weighted by molar-refractivity contribution is 0.299. The van der Waals surface area contributed by atoms with Crippen molar-refractivity contribution in [3.8, 4) is 50.4 Å². The first-order chi connectivity index (χ1) is 28.5. The van der Waals surface area contributed by atoms with Crippen molar-refractivity contribution in [1.82, 2.24) is 19.5 Å². The summed E-state index contributed by atoms with van der Waals surface area (Å²) < 4.78 is 7.82. The number of rotatable bonds is 13. The van der Waals surface area contributed by atoms with Gasteiger partial charge in [-0.25, -0.2) is 4.98 Å². The van der Waals surface area contributed by atoms with Crippen LogP contribution in [-0.2, 0) is 19.4 Å². The molecule has 0 fully saturated rings. The third-order valence-corrected chi connectivity index (χ3v) is 10.1. The normalized spacial score (nSPS) is 10.7. The van der Waals surface area contributed by atoms with Gasteiger partial charge in [0.1, 0.15) is 0 Å². The number of aromatic nitrogens is 4. The molecule has 8 rings (SSSR count). The summed E-state index contributed by atoms with van der Waals surface area (Å²) in [5, 5.41) is 0. The number of hydrogen-bond acceptors (Lipinski definition) is 5. The van der Waals surface area contributed by atoms with E-state index in [0.717, 1.165) is 70.2 Å². The number of aryl methyl sites for hydroxylation is 5. The minimum atomic E-state index is 0.0346. The molecule has 0 bridgehead atoms. The molecule has 58 heavy (non-hydrogen) atoms. The number of nitrogens with zero attached hydrogens (tertiary/aromatic N) is 4. The van der Waals surface area contributed by atoms with E-state index < -0.39 is 0 Å². The molecule has 0 N–H and O–H groups in total. The first-order valence-electron chi connectivity index (χ1n) is 19.9. The summed E-state index contributed by atoms with van der Waals surface area (Å²) in [6, 6.07) is 49.5. The van der Waals surface area contributed by atoms with Crippen LogP contribution in [0.25, 0.3) is 44.5 Å². The molecule has 4 aromatic heterocycles. The fourth-order valence-corrected chi connectivity index (χ4v) is 7.08. The molecule has 8 aromatic rings. The third-order valence-electron chi connectivity index (χ3n) is 10.1. The summed E-state index contributed by atoms with van der Waals surface area (Å²) >= 11 is 0. The van der Waals surface area contributed by atoms with Crippen LogP contribution in [0.2, 0.25) is 0 Å². The molecule has 0 unspecified atom stereocenters. The molecule has 0 aliphatic carbocycles. The molecule has 4 aromatic carbocycles. The molecule has 288 valence electrons. The van der Waals surface area contributed by atoms with Crippen LogP contribution in [0.1, 0.15) is 35.1 Å². The number of hydrogen-bond donors (Lipinski definition) is 0. The number of benzene rings is 4. The Kier molecular flexibility index (Phi) is 13.4. The third kappa shape index (κ3) is 10.7. The molecule has 0 aliphatic heterocycles. The van der Waals surface area contributed by atoms with Gasteiger partial charge in [0, 0.05) is 67.0 Å². The van der Waals surface area contributed by atoms with Crippen molar-refractivity contribution in [2.75, 3.05) is 6.61 Å². The zero-order valence-corrected chi connectivity index (χ0v) is 33.2. The summed E-state index contributed by atoms with van der Waals surface area (Å²) in [6.45, 7) is 5.52. The topological polar surface area (TPSA) is 69.9 Å². The summed E-state index contributed by atoms with van der Waals surface area (Å²) in [4.78, 5) is 25.7. The number of ether oxygens (including phenoxy) is 1. The van der Waals surface area contributed by atoms with Crippen molar-refractivity contribution in [3.05, 3.63) is 215 Å². The second-order valence-electron chi connectivity index (χ2n) is 14.4. The van der Waals surface area contributed by atoms with Crippen molar-refractivity contribution in [2.45, 2.75) is 46.1 Å². The van der Waals surface area contributed by atoms with Crippen LogP contribution in [0, 0.1) is 13.8 Å². The van der Waals surface area contributed by atoms with Crippen molar-refractivity contribution in [3.63, 3.8) is 0 Å². The molecule has 0 spiro atoms. The van der Waals surface area contributed by atoms with E-state index in [1.165, 1.54) is 22.3 Å². The van der Waals surface area contributed by atoms with Gasteiger partial charge in [-0.3, -0.25) is 14.8 Å². The minimum absolute atomic E-state index is 0.0346. The highest BCUT2D eigenvalue weighted by atomic mass is 16.5. The molecule has 4 heterocycles. The van der Waals surface area contributed by atoms with Crippen LogP contribution in [0.5, 0.6) is 5.88 Å². The molecular formula is C52H48N4O2. The molecule has 0 saturated carbocycles. The van der Waals surface area contributed by atoms with E-state index in [1.807, 2.05) is 77.9 Å². The lowest BCUT2D eigenvalue weighted by atomic mass is 9.96. The SMILES string of the molecule is Cc1cccc(-c2cc(=O)n(CCCc3ccccc3)cc2-c2ccncc2)c1.Cc1cccc(-c2cc(OCCCc3ccccc3)ncc2-c2ccncc2)c1. The summed E-state index contributed by atoms with van der Waals surface area (Å²) in [6.07, 6.45) is 14.9. The van der Waals surface area contributed by atoms with E-state index >= 15 is 0 Å². The highest BCUT2D eigenvalue weighted by Gasteiger charge is 2.13. The van der Waals surface area contributed by atoms with Crippen LogP contribution in [0.4, 0.5) is 0 Å². The predicted molar refractivity (Wildman–Crippen MR) is 237 cm³/mol. The molecule has 6 heteroatoms. The molecule has 0 amide bonds. The van der Waals surface area contributed by atoms with Gasteiger partial charge in [-0.1, -0.05) is 120 Å². The van der Waals surface area contributed by atoms with E-state index in [-0.39, 0.29) is 5.56 Å². The van der Waals surface area contributed by atoms with Gasteiger partial charge in [-0.2, -0.15) is 0 Å². The fourth-order valence-electron chi connectivity index (χ4n) is 7.08. The van der Waals surface area contributed by atoms with Gasteiger partial charge in [0.15, 0.2) is 0 Å². The number of pyridine rings is 4. The van der Waals surface area contributed by atoms with Crippen molar-refractivity contribution < 1.29 is 4.74 Å². The van der Waals surface area contributed by atoms with E-state index in [4.69, 9.17) is 4.74 Å². The van der Waals surface area contributed by atoms with Gasteiger partial charge < -0.3 is 9.30 Å². The van der Waals surface area contributed by atoms with Gasteiger partial charge in [0.2, 0.25) is 5.88 Å². The molecule has 0 saturated heterocycles. The second kappa shape index (κ2) is 19.8. The Hall–Kier alpha value is -6.92. The quantitative estimate of drug-likeness (QED) is 0.109. The Bertz CT molecular complexity index is 2570. The fraction of sp³-hybridized carbons (Fsp3) is 0.154. The van der Waals surface area contributed by atoms with Gasteiger partial charge in [-0.05, 0) is 108 Å². The van der Waals surface area contributed by atoms with Crippen molar-refractivity contribution in [2.24, 2.45) is 0 Å². The zero-order chi connectivity index (χ0) is 39.9. The maximum Gasteiger partial charge on any atom is 0.251 e. The molecule has 6 nitrogen and oxygen atoms in total. The highest BCUT2D eigenvalue weighted by Crippen LogP contribution is 2.34. The van der Waals surface area contributed by atoms with Gasteiger partial charge in [0.05, 0.1) is 6.61 Å². The van der Waals surface area contributed by atoms with Crippen LogP contribution in [0.15, 0.2) is 188 Å². The highest BCUT2D eigenvalue weighted by molar-refractivity contribution is 5.84. The Morgan fingerprint density at radius 2 is 1.05 bits per heavy atom. The summed E-state index contributed by atoms with van der Waals surface area (Å²) in [5.41, 5.74) is 13.7. The maximum absolute atomic E-state index is 12.9. The van der Waals surface area contributed by atoms with E-state index in [2.05, 4.69) is 120 Å². The summed E-state index contributed by atoms with van der Waals surface area (Å²) in [7, 11) is 0. The molecule has 0 atom stereocenters. The largest absolute Gasteiger partial charge is 0.478 e. The predicted octanol–water partition coefficient (Wildman–Crippen LogP) is 11.6. The van der Waals surface area contributed by atoms with Crippen molar-refractivity contribution >= 4 is 0 Å².